The maximum Gasteiger partial charge on any atom is 0.412 e. The number of rotatable bonds is 5. The number of ether oxygens (including phenoxy) is 1. The Balaban J connectivity index is 1.47. The van der Waals surface area contributed by atoms with Gasteiger partial charge in [-0.3, -0.25) is 14.9 Å². The summed E-state index contributed by atoms with van der Waals surface area (Å²) in [5.74, 6) is -0.581. The van der Waals surface area contributed by atoms with Gasteiger partial charge in [-0.2, -0.15) is 0 Å². The number of fused-ring (bicyclic) bond motifs is 1. The van der Waals surface area contributed by atoms with Crippen LogP contribution in [0.15, 0.2) is 82.6 Å². The van der Waals surface area contributed by atoms with Crippen molar-refractivity contribution >= 4 is 62.2 Å². The highest BCUT2D eigenvalue weighted by atomic mass is 79.9. The number of amides is 3. The van der Waals surface area contributed by atoms with Crippen molar-refractivity contribution in [1.82, 2.24) is 0 Å². The van der Waals surface area contributed by atoms with Gasteiger partial charge in [0, 0.05) is 14.9 Å². The molecule has 9 heteroatoms. The molecule has 0 saturated carbocycles. The maximum absolute atomic E-state index is 13.7. The van der Waals surface area contributed by atoms with E-state index >= 15 is 0 Å². The fraction of sp³-hybridized carbons (Fsp3) is 0.167. The number of halogens is 1. The number of para-hydroxylation sites is 1. The Morgan fingerprint density at radius 3 is 2.46 bits per heavy atom. The molecule has 5 rings (SSSR count). The molecule has 0 atom stereocenters. The van der Waals surface area contributed by atoms with Crippen molar-refractivity contribution in [2.45, 2.75) is 32.9 Å². The van der Waals surface area contributed by atoms with E-state index in [1.807, 2.05) is 41.8 Å². The zero-order valence-corrected chi connectivity index (χ0v) is 24.0. The van der Waals surface area contributed by atoms with Gasteiger partial charge < -0.3 is 15.0 Å². The molecular weight excluding hydrogens is 578 g/mol. The van der Waals surface area contributed by atoms with Gasteiger partial charge in [-0.15, -0.1) is 11.3 Å². The highest BCUT2D eigenvalue weighted by Crippen LogP contribution is 2.36. The molecule has 1 aromatic heterocycles. The largest absolute Gasteiger partial charge is 0.444 e. The number of hydrogen-bond acceptors (Lipinski definition) is 5. The summed E-state index contributed by atoms with van der Waals surface area (Å²) in [6, 6.07) is 21.8. The summed E-state index contributed by atoms with van der Waals surface area (Å²) < 4.78 is 6.27. The number of thiophene rings is 1. The third-order valence-corrected chi connectivity index (χ3v) is 7.72. The Morgan fingerprint density at radius 1 is 0.949 bits per heavy atom. The zero-order chi connectivity index (χ0) is 27.7. The molecule has 0 spiro atoms. The number of hydrogen-bond donors (Lipinski definition) is 2. The number of anilines is 3. The SMILES string of the molecule is CC(C)(C)OC(=O)Nc1ccc(-c2cccs2)cc1NC(=O)c1ccccc1N1Cc2c(Br)cccc2C1=O. The van der Waals surface area contributed by atoms with Crippen molar-refractivity contribution < 1.29 is 19.1 Å². The normalized spacial score (nSPS) is 12.7. The van der Waals surface area contributed by atoms with Gasteiger partial charge in [-0.05, 0) is 79.7 Å². The molecule has 198 valence electrons. The van der Waals surface area contributed by atoms with Crippen LogP contribution in [0.25, 0.3) is 10.4 Å². The Morgan fingerprint density at radius 2 is 1.74 bits per heavy atom. The van der Waals surface area contributed by atoms with Crippen LogP contribution in [0.1, 0.15) is 47.1 Å². The van der Waals surface area contributed by atoms with Crippen molar-refractivity contribution in [2.24, 2.45) is 0 Å². The van der Waals surface area contributed by atoms with Gasteiger partial charge in [0.15, 0.2) is 0 Å². The van der Waals surface area contributed by atoms with Gasteiger partial charge in [0.2, 0.25) is 0 Å². The summed E-state index contributed by atoms with van der Waals surface area (Å²) in [6.45, 7) is 5.69. The predicted octanol–water partition coefficient (Wildman–Crippen LogP) is 7.94. The van der Waals surface area contributed by atoms with Crippen molar-refractivity contribution in [3.63, 3.8) is 0 Å². The van der Waals surface area contributed by atoms with Gasteiger partial charge in [0.25, 0.3) is 11.8 Å². The fourth-order valence-electron chi connectivity index (χ4n) is 4.35. The Kier molecular flexibility index (Phi) is 7.29. The number of benzene rings is 3. The second-order valence-corrected chi connectivity index (χ2v) is 11.8. The first-order valence-electron chi connectivity index (χ1n) is 12.3. The topological polar surface area (TPSA) is 87.7 Å². The van der Waals surface area contributed by atoms with Crippen molar-refractivity contribution in [2.75, 3.05) is 15.5 Å². The van der Waals surface area contributed by atoms with Crippen LogP contribution >= 0.6 is 27.3 Å². The van der Waals surface area contributed by atoms with E-state index in [1.54, 1.807) is 73.4 Å². The van der Waals surface area contributed by atoms with Crippen LogP contribution in [0.4, 0.5) is 21.9 Å². The second-order valence-electron chi connectivity index (χ2n) is 9.99. The van der Waals surface area contributed by atoms with Crippen LogP contribution < -0.4 is 15.5 Å². The lowest BCUT2D eigenvalue weighted by Crippen LogP contribution is -2.28. The lowest BCUT2D eigenvalue weighted by Gasteiger charge is -2.22. The van der Waals surface area contributed by atoms with Crippen LogP contribution in [-0.2, 0) is 11.3 Å². The smallest absolute Gasteiger partial charge is 0.412 e. The second kappa shape index (κ2) is 10.7. The first-order valence-corrected chi connectivity index (χ1v) is 14.0. The van der Waals surface area contributed by atoms with E-state index in [2.05, 4.69) is 26.6 Å². The van der Waals surface area contributed by atoms with Crippen LogP contribution in [0.2, 0.25) is 0 Å². The number of carbonyl (C=O) groups is 3. The van der Waals surface area contributed by atoms with Gasteiger partial charge >= 0.3 is 6.09 Å². The minimum Gasteiger partial charge on any atom is -0.444 e. The van der Waals surface area contributed by atoms with Crippen LogP contribution in [0.5, 0.6) is 0 Å². The molecule has 7 nitrogen and oxygen atoms in total. The predicted molar refractivity (Wildman–Crippen MR) is 159 cm³/mol. The first kappa shape index (κ1) is 26.6. The summed E-state index contributed by atoms with van der Waals surface area (Å²) in [4.78, 5) is 42.1. The molecule has 0 bridgehead atoms. The van der Waals surface area contributed by atoms with Crippen molar-refractivity contribution in [3.05, 3.63) is 99.3 Å². The van der Waals surface area contributed by atoms with Gasteiger partial charge in [-0.25, -0.2) is 4.79 Å². The van der Waals surface area contributed by atoms with Crippen LogP contribution in [-0.4, -0.2) is 23.5 Å². The Bertz CT molecular complexity index is 1580. The lowest BCUT2D eigenvalue weighted by molar-refractivity contribution is 0.0635. The lowest BCUT2D eigenvalue weighted by atomic mass is 10.1. The summed E-state index contributed by atoms with van der Waals surface area (Å²) in [5, 5.41) is 7.68. The molecule has 0 fully saturated rings. The van der Waals surface area contributed by atoms with E-state index in [0.717, 1.165) is 20.5 Å². The molecule has 0 radical (unpaired) electrons. The highest BCUT2D eigenvalue weighted by Gasteiger charge is 2.32. The summed E-state index contributed by atoms with van der Waals surface area (Å²) in [5.41, 5.74) is 3.32. The third-order valence-electron chi connectivity index (χ3n) is 6.06. The summed E-state index contributed by atoms with van der Waals surface area (Å²) in [6.07, 6.45) is -0.631. The minimum absolute atomic E-state index is 0.168. The summed E-state index contributed by atoms with van der Waals surface area (Å²) in [7, 11) is 0. The molecule has 2 N–H and O–H groups in total. The van der Waals surface area contributed by atoms with E-state index in [0.29, 0.717) is 34.7 Å². The Hall–Kier alpha value is -3.95. The molecular formula is C30H26BrN3O4S. The highest BCUT2D eigenvalue weighted by molar-refractivity contribution is 9.10. The van der Waals surface area contributed by atoms with Gasteiger partial charge in [0.1, 0.15) is 5.60 Å². The first-order chi connectivity index (χ1) is 18.6. The Labute approximate surface area is 238 Å². The number of carbonyl (C=O) groups excluding carboxylic acids is 3. The molecule has 4 aromatic rings. The van der Waals surface area contributed by atoms with Crippen LogP contribution in [0, 0.1) is 0 Å². The molecule has 2 heterocycles. The average Bonchev–Trinajstić information content (AvgIpc) is 3.53. The molecule has 3 aromatic carbocycles. The van der Waals surface area contributed by atoms with Gasteiger partial charge in [-0.1, -0.05) is 46.3 Å². The maximum atomic E-state index is 13.7. The van der Waals surface area contributed by atoms with E-state index in [4.69, 9.17) is 4.74 Å². The zero-order valence-electron chi connectivity index (χ0n) is 21.6. The molecule has 0 aliphatic carbocycles. The summed E-state index contributed by atoms with van der Waals surface area (Å²) >= 11 is 5.10. The van der Waals surface area contributed by atoms with E-state index in [9.17, 15) is 14.4 Å². The molecule has 39 heavy (non-hydrogen) atoms. The fourth-order valence-corrected chi connectivity index (χ4v) is 5.56. The van der Waals surface area contributed by atoms with Crippen LogP contribution in [0.3, 0.4) is 0 Å². The third kappa shape index (κ3) is 5.74. The van der Waals surface area contributed by atoms with E-state index in [-0.39, 0.29) is 5.91 Å². The molecule has 1 aliphatic heterocycles. The quantitative estimate of drug-likeness (QED) is 0.242. The number of nitrogens with zero attached hydrogens (tertiary/aromatic N) is 1. The van der Waals surface area contributed by atoms with E-state index in [1.165, 1.54) is 0 Å². The molecule has 0 saturated heterocycles. The van der Waals surface area contributed by atoms with Crippen molar-refractivity contribution in [3.8, 4) is 10.4 Å². The number of nitrogens with one attached hydrogen (secondary N) is 2. The average molecular weight is 605 g/mol. The van der Waals surface area contributed by atoms with Gasteiger partial charge in [0.05, 0.1) is 29.2 Å². The van der Waals surface area contributed by atoms with E-state index < -0.39 is 17.6 Å². The minimum atomic E-state index is -0.682. The monoisotopic (exact) mass is 603 g/mol. The van der Waals surface area contributed by atoms with Crippen molar-refractivity contribution in [1.29, 1.82) is 0 Å². The molecule has 0 unspecified atom stereocenters. The molecule has 3 amide bonds. The standard InChI is InChI=1S/C30H26BrN3O4S/c1-30(2,3)38-29(37)33-23-14-13-18(26-12-7-15-39-26)16-24(23)32-27(35)20-8-4-5-11-25(20)34-17-21-19(28(34)36)9-6-10-22(21)31/h4-16H,17H2,1-3H3,(H,32,35)(H,33,37). The molecule has 1 aliphatic rings.